The number of nitrogens with one attached hydrogen (secondary N) is 1. The molecule has 0 aliphatic heterocycles. The Bertz CT molecular complexity index is 1350. The van der Waals surface area contributed by atoms with Crippen LogP contribution in [0.4, 0.5) is 5.69 Å². The van der Waals surface area contributed by atoms with Crippen molar-refractivity contribution < 1.29 is 13.2 Å². The Morgan fingerprint density at radius 1 is 0.971 bits per heavy atom. The lowest BCUT2D eigenvalue weighted by Crippen LogP contribution is -2.39. The van der Waals surface area contributed by atoms with Crippen LogP contribution < -0.4 is 9.73 Å². The van der Waals surface area contributed by atoms with Crippen LogP contribution in [0, 0.1) is 34.6 Å². The van der Waals surface area contributed by atoms with Crippen LogP contribution >= 0.6 is 11.6 Å². The molecule has 0 fully saturated rings. The molecule has 3 aromatic carbocycles. The lowest BCUT2D eigenvalue weighted by molar-refractivity contribution is -0.119. The Morgan fingerprint density at radius 2 is 1.65 bits per heavy atom. The fraction of sp³-hybridized carbons (Fsp3) is 0.231. The van der Waals surface area contributed by atoms with Crippen molar-refractivity contribution in [1.29, 1.82) is 0 Å². The number of benzene rings is 3. The van der Waals surface area contributed by atoms with E-state index in [1.165, 1.54) is 29.3 Å². The molecule has 0 aliphatic carbocycles. The third-order valence-electron chi connectivity index (χ3n) is 5.91. The fourth-order valence-corrected chi connectivity index (χ4v) is 5.10. The second kappa shape index (κ2) is 10.4. The third kappa shape index (κ3) is 5.66. The van der Waals surface area contributed by atoms with Crippen molar-refractivity contribution in [3.63, 3.8) is 0 Å². The number of halogens is 1. The number of hydrogen-bond acceptors (Lipinski definition) is 4. The van der Waals surface area contributed by atoms with Gasteiger partial charge in [-0.2, -0.15) is 5.10 Å². The molecule has 0 heterocycles. The summed E-state index contributed by atoms with van der Waals surface area (Å²) in [5, 5.41) is 4.43. The number of sulfonamides is 1. The van der Waals surface area contributed by atoms with Crippen molar-refractivity contribution in [3.05, 3.63) is 93.0 Å². The van der Waals surface area contributed by atoms with Crippen molar-refractivity contribution in [1.82, 2.24) is 5.43 Å². The Hall–Kier alpha value is -3.16. The largest absolute Gasteiger partial charge is 0.271 e. The van der Waals surface area contributed by atoms with Crippen LogP contribution in [0.5, 0.6) is 0 Å². The summed E-state index contributed by atoms with van der Waals surface area (Å²) in [5.74, 6) is -0.579. The van der Waals surface area contributed by atoms with E-state index in [9.17, 15) is 13.2 Å². The minimum Gasteiger partial charge on any atom is -0.271 e. The van der Waals surface area contributed by atoms with E-state index in [0.717, 1.165) is 26.6 Å². The van der Waals surface area contributed by atoms with Crippen LogP contribution in [0.15, 0.2) is 64.6 Å². The summed E-state index contributed by atoms with van der Waals surface area (Å²) in [6.07, 6.45) is 1.57. The van der Waals surface area contributed by atoms with Crippen LogP contribution in [0.2, 0.25) is 5.02 Å². The molecule has 0 atom stereocenters. The molecule has 178 valence electrons. The maximum atomic E-state index is 13.4. The van der Waals surface area contributed by atoms with Gasteiger partial charge in [0.25, 0.3) is 15.9 Å². The van der Waals surface area contributed by atoms with Gasteiger partial charge in [0.2, 0.25) is 0 Å². The van der Waals surface area contributed by atoms with Gasteiger partial charge in [0.15, 0.2) is 0 Å². The zero-order valence-corrected chi connectivity index (χ0v) is 21.5. The van der Waals surface area contributed by atoms with Crippen molar-refractivity contribution >= 4 is 39.4 Å². The quantitative estimate of drug-likeness (QED) is 0.358. The number of carbonyl (C=O) groups is 1. The van der Waals surface area contributed by atoms with Gasteiger partial charge in [-0.3, -0.25) is 9.10 Å². The van der Waals surface area contributed by atoms with E-state index < -0.39 is 22.5 Å². The molecule has 0 bridgehead atoms. The Balaban J connectivity index is 1.86. The number of nitrogens with zero attached hydrogens (tertiary/aromatic N) is 2. The molecule has 1 amide bonds. The summed E-state index contributed by atoms with van der Waals surface area (Å²) in [6.45, 7) is 9.55. The normalized spacial score (nSPS) is 11.6. The first-order valence-electron chi connectivity index (χ1n) is 10.7. The molecule has 6 nitrogen and oxygen atoms in total. The molecule has 0 spiro atoms. The van der Waals surface area contributed by atoms with E-state index >= 15 is 0 Å². The van der Waals surface area contributed by atoms with Crippen molar-refractivity contribution in [2.24, 2.45) is 5.10 Å². The van der Waals surface area contributed by atoms with E-state index in [1.807, 2.05) is 33.8 Å². The van der Waals surface area contributed by atoms with Crippen molar-refractivity contribution in [2.75, 3.05) is 10.8 Å². The highest BCUT2D eigenvalue weighted by Gasteiger charge is 2.27. The number of hydrazone groups is 1. The number of anilines is 1. The number of rotatable bonds is 7. The number of aryl methyl sites for hydroxylation is 2. The minimum atomic E-state index is -4.02. The van der Waals surface area contributed by atoms with Gasteiger partial charge < -0.3 is 0 Å². The molecular formula is C26H28ClN3O3S. The molecule has 3 rings (SSSR count). The molecule has 3 aromatic rings. The highest BCUT2D eigenvalue weighted by atomic mass is 35.5. The maximum absolute atomic E-state index is 13.4. The second-order valence-corrected chi connectivity index (χ2v) is 10.6. The average Bonchev–Trinajstić information content (AvgIpc) is 2.79. The van der Waals surface area contributed by atoms with Gasteiger partial charge in [0, 0.05) is 5.02 Å². The van der Waals surface area contributed by atoms with Gasteiger partial charge in [-0.1, -0.05) is 35.4 Å². The molecule has 0 unspecified atom stereocenters. The summed E-state index contributed by atoms with van der Waals surface area (Å²) in [5.41, 5.74) is 9.15. The van der Waals surface area contributed by atoms with Crippen molar-refractivity contribution in [2.45, 2.75) is 39.5 Å². The molecule has 0 aliphatic rings. The van der Waals surface area contributed by atoms with Crippen molar-refractivity contribution in [3.8, 4) is 0 Å². The number of carbonyl (C=O) groups excluding carboxylic acids is 1. The van der Waals surface area contributed by atoms with E-state index in [1.54, 1.807) is 36.5 Å². The zero-order chi connectivity index (χ0) is 25.0. The van der Waals surface area contributed by atoms with E-state index in [4.69, 9.17) is 11.6 Å². The average molecular weight is 498 g/mol. The van der Waals surface area contributed by atoms with E-state index in [-0.39, 0.29) is 10.6 Å². The molecule has 0 saturated heterocycles. The smallest absolute Gasteiger partial charge is 0.264 e. The Kier molecular flexibility index (Phi) is 7.79. The second-order valence-electron chi connectivity index (χ2n) is 8.26. The predicted molar refractivity (Wildman–Crippen MR) is 138 cm³/mol. The molecule has 1 N–H and O–H groups in total. The van der Waals surface area contributed by atoms with Gasteiger partial charge in [-0.05, 0) is 98.8 Å². The topological polar surface area (TPSA) is 78.8 Å². The third-order valence-corrected chi connectivity index (χ3v) is 7.93. The van der Waals surface area contributed by atoms with Gasteiger partial charge in [-0.15, -0.1) is 0 Å². The summed E-state index contributed by atoms with van der Waals surface area (Å²) >= 11 is 6.10. The fourth-order valence-electron chi connectivity index (χ4n) is 3.50. The molecule has 34 heavy (non-hydrogen) atoms. The monoisotopic (exact) mass is 497 g/mol. The standard InChI is InChI=1S/C26H28ClN3O3S/c1-17-9-11-25(12-10-17)34(32,33)30(24-8-6-7-23(27)14-24)16-26(31)29-28-15-22-13-18(2)19(3)20(4)21(22)5/h6-15H,16H2,1-5H3,(H,29,31)/b28-15+. The summed E-state index contributed by atoms with van der Waals surface area (Å²) in [4.78, 5) is 12.8. The zero-order valence-electron chi connectivity index (χ0n) is 19.9. The summed E-state index contributed by atoms with van der Waals surface area (Å²) in [6, 6.07) is 14.8. The molecule has 0 radical (unpaired) electrons. The van der Waals surface area contributed by atoms with E-state index in [0.29, 0.717) is 5.02 Å². The van der Waals surface area contributed by atoms with E-state index in [2.05, 4.69) is 17.5 Å². The first-order chi connectivity index (χ1) is 16.0. The van der Waals surface area contributed by atoms with Gasteiger partial charge in [0.1, 0.15) is 6.54 Å². The van der Waals surface area contributed by atoms with Crippen LogP contribution in [-0.4, -0.2) is 27.1 Å². The minimum absolute atomic E-state index is 0.0793. The van der Waals surface area contributed by atoms with Crippen LogP contribution in [0.25, 0.3) is 0 Å². The van der Waals surface area contributed by atoms with Gasteiger partial charge in [-0.25, -0.2) is 13.8 Å². The maximum Gasteiger partial charge on any atom is 0.264 e. The number of amides is 1. The van der Waals surface area contributed by atoms with Crippen LogP contribution in [0.1, 0.15) is 33.4 Å². The van der Waals surface area contributed by atoms with Gasteiger partial charge >= 0.3 is 0 Å². The molecule has 0 aromatic heterocycles. The predicted octanol–water partition coefficient (Wildman–Crippen LogP) is 5.23. The molecule has 0 saturated carbocycles. The van der Waals surface area contributed by atoms with Gasteiger partial charge in [0.05, 0.1) is 16.8 Å². The number of hydrogen-bond donors (Lipinski definition) is 1. The first-order valence-corrected chi connectivity index (χ1v) is 12.6. The first kappa shape index (κ1) is 25.5. The van der Waals surface area contributed by atoms with Crippen LogP contribution in [0.3, 0.4) is 0 Å². The SMILES string of the molecule is Cc1ccc(S(=O)(=O)N(CC(=O)N/N=C/c2cc(C)c(C)c(C)c2C)c2cccc(Cl)c2)cc1. The summed E-state index contributed by atoms with van der Waals surface area (Å²) in [7, 11) is -4.02. The highest BCUT2D eigenvalue weighted by Crippen LogP contribution is 2.26. The highest BCUT2D eigenvalue weighted by molar-refractivity contribution is 7.92. The lowest BCUT2D eigenvalue weighted by atomic mass is 9.95. The lowest BCUT2D eigenvalue weighted by Gasteiger charge is -2.24. The molecular weight excluding hydrogens is 470 g/mol. The Morgan fingerprint density at radius 3 is 2.29 bits per heavy atom. The Labute approximate surface area is 206 Å². The summed E-state index contributed by atoms with van der Waals surface area (Å²) < 4.78 is 27.8. The molecule has 8 heteroatoms. The van der Waals surface area contributed by atoms with Crippen LogP contribution in [-0.2, 0) is 14.8 Å².